The lowest BCUT2D eigenvalue weighted by atomic mass is 10.2. The standard InChI is InChI=1S/C16H22N2O3/c1-2-9-20-11-12-21-10-5-8-16(19)18-15-7-4-3-6-14(15)13-17/h3-4,6-7H,2,5,8-12H2,1H3,(H,18,19). The number of carbonyl (C=O) groups is 1. The van der Waals surface area contributed by atoms with Gasteiger partial charge in [0.2, 0.25) is 5.91 Å². The van der Waals surface area contributed by atoms with E-state index in [9.17, 15) is 4.79 Å². The Morgan fingerprint density at radius 3 is 2.62 bits per heavy atom. The highest BCUT2D eigenvalue weighted by molar-refractivity contribution is 5.92. The predicted octanol–water partition coefficient (Wildman–Crippen LogP) is 2.72. The molecule has 0 spiro atoms. The SMILES string of the molecule is CCCOCCOCCCC(=O)Nc1ccccc1C#N. The maximum atomic E-state index is 11.8. The third kappa shape index (κ3) is 7.45. The number of nitrogens with zero attached hydrogens (tertiary/aromatic N) is 1. The molecule has 114 valence electrons. The molecule has 1 amide bonds. The third-order valence-corrected chi connectivity index (χ3v) is 2.73. The molecule has 0 aliphatic rings. The van der Waals surface area contributed by atoms with Crippen LogP contribution in [0.1, 0.15) is 31.7 Å². The van der Waals surface area contributed by atoms with Gasteiger partial charge in [-0.15, -0.1) is 0 Å². The summed E-state index contributed by atoms with van der Waals surface area (Å²) in [7, 11) is 0. The van der Waals surface area contributed by atoms with Crippen molar-refractivity contribution in [3.05, 3.63) is 29.8 Å². The highest BCUT2D eigenvalue weighted by Gasteiger charge is 2.05. The normalized spacial score (nSPS) is 10.1. The second kappa shape index (κ2) is 10.8. The van der Waals surface area contributed by atoms with E-state index in [1.807, 2.05) is 6.07 Å². The maximum Gasteiger partial charge on any atom is 0.224 e. The summed E-state index contributed by atoms with van der Waals surface area (Å²) in [4.78, 5) is 11.8. The van der Waals surface area contributed by atoms with Crippen molar-refractivity contribution in [1.29, 1.82) is 5.26 Å². The number of rotatable bonds is 10. The number of hydrogen-bond acceptors (Lipinski definition) is 4. The van der Waals surface area contributed by atoms with E-state index in [0.29, 0.717) is 43.9 Å². The van der Waals surface area contributed by atoms with Crippen LogP contribution in [0.3, 0.4) is 0 Å². The topological polar surface area (TPSA) is 71.3 Å². The van der Waals surface area contributed by atoms with Gasteiger partial charge in [-0.3, -0.25) is 4.79 Å². The molecule has 0 unspecified atom stereocenters. The minimum absolute atomic E-state index is 0.108. The largest absolute Gasteiger partial charge is 0.379 e. The van der Waals surface area contributed by atoms with Gasteiger partial charge in [0.05, 0.1) is 24.5 Å². The monoisotopic (exact) mass is 290 g/mol. The molecule has 0 aliphatic carbocycles. The van der Waals surface area contributed by atoms with Gasteiger partial charge >= 0.3 is 0 Å². The number of hydrogen-bond donors (Lipinski definition) is 1. The molecule has 1 aromatic rings. The molecule has 5 nitrogen and oxygen atoms in total. The van der Waals surface area contributed by atoms with E-state index in [1.165, 1.54) is 0 Å². The number of nitriles is 1. The molecular formula is C16H22N2O3. The molecule has 1 rings (SSSR count). The van der Waals surface area contributed by atoms with Gasteiger partial charge in [0.15, 0.2) is 0 Å². The van der Waals surface area contributed by atoms with Crippen LogP contribution in [0.5, 0.6) is 0 Å². The van der Waals surface area contributed by atoms with Crippen molar-refractivity contribution in [2.24, 2.45) is 0 Å². The van der Waals surface area contributed by atoms with Gasteiger partial charge in [-0.1, -0.05) is 19.1 Å². The van der Waals surface area contributed by atoms with Gasteiger partial charge in [0.25, 0.3) is 0 Å². The first-order valence-electron chi connectivity index (χ1n) is 7.22. The zero-order chi connectivity index (χ0) is 15.3. The van der Waals surface area contributed by atoms with Gasteiger partial charge < -0.3 is 14.8 Å². The molecule has 5 heteroatoms. The Hall–Kier alpha value is -1.90. The van der Waals surface area contributed by atoms with E-state index in [0.717, 1.165) is 13.0 Å². The molecular weight excluding hydrogens is 268 g/mol. The van der Waals surface area contributed by atoms with E-state index < -0.39 is 0 Å². The van der Waals surface area contributed by atoms with Crippen molar-refractivity contribution < 1.29 is 14.3 Å². The number of benzene rings is 1. The molecule has 0 bridgehead atoms. The summed E-state index contributed by atoms with van der Waals surface area (Å²) >= 11 is 0. The Morgan fingerprint density at radius 2 is 1.90 bits per heavy atom. The Bertz CT molecular complexity index is 469. The molecule has 0 aliphatic heterocycles. The first-order valence-corrected chi connectivity index (χ1v) is 7.22. The molecule has 21 heavy (non-hydrogen) atoms. The van der Waals surface area contributed by atoms with Gasteiger partial charge in [0.1, 0.15) is 6.07 Å². The molecule has 0 aromatic heterocycles. The number of para-hydroxylation sites is 1. The smallest absolute Gasteiger partial charge is 0.224 e. The summed E-state index contributed by atoms with van der Waals surface area (Å²) in [5, 5.41) is 11.7. The first kappa shape index (κ1) is 17.2. The number of carbonyl (C=O) groups excluding carboxylic acids is 1. The molecule has 0 saturated carbocycles. The highest BCUT2D eigenvalue weighted by atomic mass is 16.5. The van der Waals surface area contributed by atoms with E-state index in [2.05, 4.69) is 12.2 Å². The zero-order valence-corrected chi connectivity index (χ0v) is 12.4. The van der Waals surface area contributed by atoms with Gasteiger partial charge in [-0.2, -0.15) is 5.26 Å². The third-order valence-electron chi connectivity index (χ3n) is 2.73. The summed E-state index contributed by atoms with van der Waals surface area (Å²) < 4.78 is 10.6. The Morgan fingerprint density at radius 1 is 1.19 bits per heavy atom. The van der Waals surface area contributed by atoms with Gasteiger partial charge in [-0.25, -0.2) is 0 Å². The lowest BCUT2D eigenvalue weighted by Crippen LogP contribution is -2.13. The van der Waals surface area contributed by atoms with Gasteiger partial charge in [-0.05, 0) is 25.0 Å². The van der Waals surface area contributed by atoms with Crippen LogP contribution in [-0.2, 0) is 14.3 Å². The Labute approximate surface area is 125 Å². The minimum atomic E-state index is -0.108. The van der Waals surface area contributed by atoms with E-state index in [-0.39, 0.29) is 5.91 Å². The quantitative estimate of drug-likeness (QED) is 0.673. The van der Waals surface area contributed by atoms with Crippen LogP contribution in [0.2, 0.25) is 0 Å². The van der Waals surface area contributed by atoms with Crippen LogP contribution < -0.4 is 5.32 Å². The zero-order valence-electron chi connectivity index (χ0n) is 12.4. The second-order valence-corrected chi connectivity index (χ2v) is 4.53. The summed E-state index contributed by atoms with van der Waals surface area (Å²) in [6, 6.07) is 9.00. The summed E-state index contributed by atoms with van der Waals surface area (Å²) in [6.45, 7) is 4.49. The van der Waals surface area contributed by atoms with Crippen molar-refractivity contribution in [3.63, 3.8) is 0 Å². The molecule has 0 heterocycles. The predicted molar refractivity (Wildman–Crippen MR) is 80.9 cm³/mol. The van der Waals surface area contributed by atoms with E-state index >= 15 is 0 Å². The van der Waals surface area contributed by atoms with Crippen LogP contribution in [0.4, 0.5) is 5.69 Å². The molecule has 0 fully saturated rings. The maximum absolute atomic E-state index is 11.8. The second-order valence-electron chi connectivity index (χ2n) is 4.53. The summed E-state index contributed by atoms with van der Waals surface area (Å²) in [6.07, 6.45) is 2.02. The van der Waals surface area contributed by atoms with Crippen LogP contribution in [0.15, 0.2) is 24.3 Å². The Kier molecular flexibility index (Phi) is 8.85. The fraction of sp³-hybridized carbons (Fsp3) is 0.500. The highest BCUT2D eigenvalue weighted by Crippen LogP contribution is 2.13. The lowest BCUT2D eigenvalue weighted by molar-refractivity contribution is -0.116. The first-order chi connectivity index (χ1) is 10.3. The van der Waals surface area contributed by atoms with Crippen LogP contribution in [0.25, 0.3) is 0 Å². The number of nitrogens with one attached hydrogen (secondary N) is 1. The van der Waals surface area contributed by atoms with E-state index in [1.54, 1.807) is 24.3 Å². The number of anilines is 1. The van der Waals surface area contributed by atoms with Crippen LogP contribution >= 0.6 is 0 Å². The molecule has 0 atom stereocenters. The minimum Gasteiger partial charge on any atom is -0.379 e. The van der Waals surface area contributed by atoms with Gasteiger partial charge in [0, 0.05) is 19.6 Å². The summed E-state index contributed by atoms with van der Waals surface area (Å²) in [5.74, 6) is -0.108. The Balaban J connectivity index is 2.13. The van der Waals surface area contributed by atoms with Crippen molar-refractivity contribution in [2.45, 2.75) is 26.2 Å². The van der Waals surface area contributed by atoms with Crippen LogP contribution in [0, 0.1) is 11.3 Å². The average Bonchev–Trinajstić information content (AvgIpc) is 2.50. The van der Waals surface area contributed by atoms with Crippen molar-refractivity contribution >= 4 is 11.6 Å². The van der Waals surface area contributed by atoms with E-state index in [4.69, 9.17) is 14.7 Å². The fourth-order valence-electron chi connectivity index (χ4n) is 1.70. The summed E-state index contributed by atoms with van der Waals surface area (Å²) in [5.41, 5.74) is 1.02. The molecule has 1 N–H and O–H groups in total. The fourth-order valence-corrected chi connectivity index (χ4v) is 1.70. The van der Waals surface area contributed by atoms with Crippen molar-refractivity contribution in [1.82, 2.24) is 0 Å². The van der Waals surface area contributed by atoms with Crippen molar-refractivity contribution in [2.75, 3.05) is 31.7 Å². The average molecular weight is 290 g/mol. The molecule has 1 aromatic carbocycles. The van der Waals surface area contributed by atoms with Crippen LogP contribution in [-0.4, -0.2) is 32.3 Å². The number of ether oxygens (including phenoxy) is 2. The molecule has 0 saturated heterocycles. The lowest BCUT2D eigenvalue weighted by Gasteiger charge is -2.07. The van der Waals surface area contributed by atoms with Crippen molar-refractivity contribution in [3.8, 4) is 6.07 Å². The molecule has 0 radical (unpaired) electrons. The number of amides is 1.